The van der Waals surface area contributed by atoms with Gasteiger partial charge in [-0.2, -0.15) is 4.98 Å². The molecule has 11 heteroatoms. The standard InChI is InChI=1S/C22H30FN5O4S/c1-14(2)20-25-22(26-32-20)27-11-8-15(9-12-27)28-10-4-5-19(21(28)29)24-18-7-6-16(13-17(18)23)33(3,30)31/h6-7,13-15,19,24H,4-5,8-12H2,1-3H3/t19-/m0/s1. The minimum atomic E-state index is -3.50. The highest BCUT2D eigenvalue weighted by Crippen LogP contribution is 2.27. The molecule has 0 aliphatic carbocycles. The predicted octanol–water partition coefficient (Wildman–Crippen LogP) is 2.81. The number of carbonyl (C=O) groups excluding carboxylic acids is 1. The third-order valence-corrected chi connectivity index (χ3v) is 7.39. The lowest BCUT2D eigenvalue weighted by Crippen LogP contribution is -2.54. The summed E-state index contributed by atoms with van der Waals surface area (Å²) in [4.78, 5) is 21.5. The number of likely N-dealkylation sites (tertiary alicyclic amines) is 1. The molecule has 0 bridgehead atoms. The van der Waals surface area contributed by atoms with E-state index < -0.39 is 21.7 Å². The quantitative estimate of drug-likeness (QED) is 0.674. The molecule has 2 aliphatic rings. The lowest BCUT2D eigenvalue weighted by Gasteiger charge is -2.42. The first-order valence-corrected chi connectivity index (χ1v) is 13.2. The first-order chi connectivity index (χ1) is 15.6. The number of piperidine rings is 2. The molecule has 1 N–H and O–H groups in total. The van der Waals surface area contributed by atoms with Gasteiger partial charge in [-0.3, -0.25) is 4.79 Å². The Kier molecular flexibility index (Phi) is 6.60. The molecule has 4 rings (SSSR count). The lowest BCUT2D eigenvalue weighted by molar-refractivity contribution is -0.137. The summed E-state index contributed by atoms with van der Waals surface area (Å²) in [5, 5.41) is 7.07. The maximum absolute atomic E-state index is 14.5. The van der Waals surface area contributed by atoms with Crippen molar-refractivity contribution in [3.63, 3.8) is 0 Å². The number of hydrogen-bond donors (Lipinski definition) is 1. The molecule has 0 saturated carbocycles. The van der Waals surface area contributed by atoms with Gasteiger partial charge in [0.25, 0.3) is 5.95 Å². The molecule has 1 atom stereocenters. The molecule has 1 aromatic carbocycles. The monoisotopic (exact) mass is 479 g/mol. The minimum Gasteiger partial charge on any atom is -0.371 e. The second-order valence-electron chi connectivity index (χ2n) is 9.09. The Morgan fingerprint density at radius 3 is 2.52 bits per heavy atom. The van der Waals surface area contributed by atoms with Gasteiger partial charge < -0.3 is 19.6 Å². The summed E-state index contributed by atoms with van der Waals surface area (Å²) in [5.74, 6) is 0.648. The Balaban J connectivity index is 1.38. The fourth-order valence-corrected chi connectivity index (χ4v) is 5.03. The number of rotatable bonds is 6. The molecule has 3 heterocycles. The third-order valence-electron chi connectivity index (χ3n) is 6.28. The number of halogens is 1. The molecule has 180 valence electrons. The van der Waals surface area contributed by atoms with Crippen LogP contribution in [0.5, 0.6) is 0 Å². The van der Waals surface area contributed by atoms with E-state index in [-0.39, 0.29) is 28.4 Å². The second kappa shape index (κ2) is 9.28. The number of carbonyl (C=O) groups is 1. The van der Waals surface area contributed by atoms with Crippen molar-refractivity contribution in [3.05, 3.63) is 29.9 Å². The SMILES string of the molecule is CC(C)c1nc(N2CCC(N3CCC[C@H](Nc4ccc(S(C)(=O)=O)cc4F)C3=O)CC2)no1. The van der Waals surface area contributed by atoms with Crippen molar-refractivity contribution in [3.8, 4) is 0 Å². The minimum absolute atomic E-state index is 0.0482. The Bertz CT molecular complexity index is 1110. The van der Waals surface area contributed by atoms with Gasteiger partial charge in [-0.15, -0.1) is 0 Å². The van der Waals surface area contributed by atoms with Gasteiger partial charge in [-0.1, -0.05) is 13.8 Å². The highest BCUT2D eigenvalue weighted by molar-refractivity contribution is 7.90. The zero-order valence-corrected chi connectivity index (χ0v) is 19.9. The van der Waals surface area contributed by atoms with Crippen molar-refractivity contribution in [2.75, 3.05) is 36.1 Å². The van der Waals surface area contributed by atoms with Crippen LogP contribution in [-0.4, -0.2) is 67.3 Å². The first-order valence-electron chi connectivity index (χ1n) is 11.3. The Morgan fingerprint density at radius 1 is 1.18 bits per heavy atom. The van der Waals surface area contributed by atoms with Crippen molar-refractivity contribution < 1.29 is 22.1 Å². The van der Waals surface area contributed by atoms with Gasteiger partial charge in [0.15, 0.2) is 9.84 Å². The number of sulfone groups is 1. The number of nitrogens with zero attached hydrogens (tertiary/aromatic N) is 4. The summed E-state index contributed by atoms with van der Waals surface area (Å²) >= 11 is 0. The molecule has 2 saturated heterocycles. The molecular formula is C22H30FN5O4S. The van der Waals surface area contributed by atoms with Crippen molar-refractivity contribution in [2.24, 2.45) is 0 Å². The fourth-order valence-electron chi connectivity index (χ4n) is 4.39. The molecule has 2 aromatic rings. The highest BCUT2D eigenvalue weighted by Gasteiger charge is 2.35. The van der Waals surface area contributed by atoms with E-state index in [9.17, 15) is 17.6 Å². The fraction of sp³-hybridized carbons (Fsp3) is 0.591. The third kappa shape index (κ3) is 5.13. The summed E-state index contributed by atoms with van der Waals surface area (Å²) < 4.78 is 43.1. The number of benzene rings is 1. The molecule has 1 amide bonds. The molecule has 1 aromatic heterocycles. The molecule has 9 nitrogen and oxygen atoms in total. The summed E-state index contributed by atoms with van der Waals surface area (Å²) in [5.41, 5.74) is 0.135. The molecule has 33 heavy (non-hydrogen) atoms. The van der Waals surface area contributed by atoms with Crippen LogP contribution < -0.4 is 10.2 Å². The van der Waals surface area contributed by atoms with E-state index in [4.69, 9.17) is 4.52 Å². The number of anilines is 2. The van der Waals surface area contributed by atoms with Crippen LogP contribution in [0, 0.1) is 5.82 Å². The normalized spacial score (nSPS) is 20.5. The summed E-state index contributed by atoms with van der Waals surface area (Å²) in [7, 11) is -3.50. The van der Waals surface area contributed by atoms with Crippen LogP contribution in [0.2, 0.25) is 0 Å². The van der Waals surface area contributed by atoms with E-state index in [1.807, 2.05) is 18.7 Å². The van der Waals surface area contributed by atoms with Gasteiger partial charge in [0, 0.05) is 37.8 Å². The van der Waals surface area contributed by atoms with E-state index >= 15 is 0 Å². The van der Waals surface area contributed by atoms with E-state index in [1.54, 1.807) is 0 Å². The van der Waals surface area contributed by atoms with Gasteiger partial charge in [0.2, 0.25) is 11.8 Å². The topological polar surface area (TPSA) is 109 Å². The zero-order chi connectivity index (χ0) is 23.8. The van der Waals surface area contributed by atoms with E-state index in [0.29, 0.717) is 24.8 Å². The molecule has 2 fully saturated rings. The van der Waals surface area contributed by atoms with Crippen molar-refractivity contribution in [1.82, 2.24) is 15.0 Å². The number of amides is 1. The Hall–Kier alpha value is -2.69. The van der Waals surface area contributed by atoms with Gasteiger partial charge in [0.1, 0.15) is 11.9 Å². The lowest BCUT2D eigenvalue weighted by atomic mass is 9.97. The van der Waals surface area contributed by atoms with Crippen molar-refractivity contribution in [2.45, 2.75) is 62.4 Å². The first kappa shape index (κ1) is 23.5. The average molecular weight is 480 g/mol. The van der Waals surface area contributed by atoms with Crippen molar-refractivity contribution in [1.29, 1.82) is 0 Å². The van der Waals surface area contributed by atoms with Crippen LogP contribution in [-0.2, 0) is 14.6 Å². The molecular weight excluding hydrogens is 449 g/mol. The van der Waals surface area contributed by atoms with Crippen LogP contribution in [0.15, 0.2) is 27.6 Å². The number of nitrogens with one attached hydrogen (secondary N) is 1. The van der Waals surface area contributed by atoms with Gasteiger partial charge in [-0.25, -0.2) is 12.8 Å². The van der Waals surface area contributed by atoms with Crippen LogP contribution in [0.25, 0.3) is 0 Å². The van der Waals surface area contributed by atoms with Gasteiger partial charge >= 0.3 is 0 Å². The summed E-state index contributed by atoms with van der Waals surface area (Å²) in [6.07, 6.45) is 4.03. The molecule has 0 spiro atoms. The number of aromatic nitrogens is 2. The van der Waals surface area contributed by atoms with Crippen LogP contribution in [0.1, 0.15) is 51.3 Å². The van der Waals surface area contributed by atoms with Crippen LogP contribution >= 0.6 is 0 Å². The average Bonchev–Trinajstić information content (AvgIpc) is 3.27. The highest BCUT2D eigenvalue weighted by atomic mass is 32.2. The zero-order valence-electron chi connectivity index (χ0n) is 19.1. The van der Waals surface area contributed by atoms with Crippen LogP contribution in [0.4, 0.5) is 16.0 Å². The van der Waals surface area contributed by atoms with Gasteiger partial charge in [0.05, 0.1) is 10.6 Å². The Labute approximate surface area is 193 Å². The van der Waals surface area contributed by atoms with E-state index in [1.165, 1.54) is 12.1 Å². The van der Waals surface area contributed by atoms with E-state index in [2.05, 4.69) is 20.4 Å². The maximum atomic E-state index is 14.5. The van der Waals surface area contributed by atoms with Gasteiger partial charge in [-0.05, 0) is 49.0 Å². The second-order valence-corrected chi connectivity index (χ2v) is 11.1. The maximum Gasteiger partial charge on any atom is 0.266 e. The summed E-state index contributed by atoms with van der Waals surface area (Å²) in [6, 6.07) is 3.28. The molecule has 2 aliphatic heterocycles. The molecule has 0 unspecified atom stereocenters. The largest absolute Gasteiger partial charge is 0.371 e. The van der Waals surface area contributed by atoms with Crippen molar-refractivity contribution >= 4 is 27.4 Å². The van der Waals surface area contributed by atoms with Crippen LogP contribution in [0.3, 0.4) is 0 Å². The smallest absolute Gasteiger partial charge is 0.266 e. The summed E-state index contributed by atoms with van der Waals surface area (Å²) in [6.45, 7) is 6.14. The number of hydrogen-bond acceptors (Lipinski definition) is 8. The predicted molar refractivity (Wildman–Crippen MR) is 121 cm³/mol. The Morgan fingerprint density at radius 2 is 1.91 bits per heavy atom. The molecule has 0 radical (unpaired) electrons. The van der Waals surface area contributed by atoms with E-state index in [0.717, 1.165) is 44.7 Å².